The van der Waals surface area contributed by atoms with Crippen LogP contribution in [0.3, 0.4) is 0 Å². The molecule has 2 aromatic rings. The van der Waals surface area contributed by atoms with E-state index in [1.54, 1.807) is 24.4 Å². The molecule has 2 heterocycles. The molecule has 20 heavy (non-hydrogen) atoms. The van der Waals surface area contributed by atoms with Gasteiger partial charge in [-0.2, -0.15) is 0 Å². The van der Waals surface area contributed by atoms with Crippen molar-refractivity contribution in [3.8, 4) is 0 Å². The zero-order valence-corrected chi connectivity index (χ0v) is 12.9. The van der Waals surface area contributed by atoms with Gasteiger partial charge < -0.3 is 9.73 Å². The molecule has 5 heteroatoms. The van der Waals surface area contributed by atoms with E-state index < -0.39 is 0 Å². The summed E-state index contributed by atoms with van der Waals surface area (Å²) in [5.41, 5.74) is 1.22. The van der Waals surface area contributed by atoms with Gasteiger partial charge in [-0.25, -0.2) is 9.97 Å². The fourth-order valence-electron chi connectivity index (χ4n) is 1.93. The lowest BCUT2D eigenvalue weighted by Crippen LogP contribution is -2.07. The summed E-state index contributed by atoms with van der Waals surface area (Å²) >= 11 is 1.71. The second kappa shape index (κ2) is 7.94. The number of furan rings is 1. The zero-order valence-electron chi connectivity index (χ0n) is 12.1. The first-order valence-electron chi connectivity index (χ1n) is 7.08. The lowest BCUT2D eigenvalue weighted by Gasteiger charge is -2.12. The number of nitrogens with zero attached hydrogens (tertiary/aromatic N) is 2. The third-order valence-electron chi connectivity index (χ3n) is 2.88. The van der Waals surface area contributed by atoms with E-state index in [9.17, 15) is 0 Å². The smallest absolute Gasteiger partial charge is 0.133 e. The van der Waals surface area contributed by atoms with E-state index in [2.05, 4.69) is 29.1 Å². The molecule has 2 aromatic heterocycles. The molecular weight excluding hydrogens is 270 g/mol. The zero-order chi connectivity index (χ0) is 14.2. The molecule has 0 saturated heterocycles. The van der Waals surface area contributed by atoms with E-state index in [0.29, 0.717) is 0 Å². The topological polar surface area (TPSA) is 51.0 Å². The second-order valence-corrected chi connectivity index (χ2v) is 5.51. The second-order valence-electron chi connectivity index (χ2n) is 4.55. The van der Waals surface area contributed by atoms with Crippen LogP contribution in [0, 0.1) is 0 Å². The summed E-state index contributed by atoms with van der Waals surface area (Å²) in [6.07, 6.45) is 6.51. The molecular formula is C15H21N3OS. The van der Waals surface area contributed by atoms with Crippen LogP contribution >= 0.6 is 11.8 Å². The van der Waals surface area contributed by atoms with Crippen LogP contribution in [-0.2, 0) is 12.2 Å². The van der Waals surface area contributed by atoms with Gasteiger partial charge in [-0.1, -0.05) is 32.0 Å². The standard InChI is InChI=1S/C15H21N3OS/c1-3-6-13-14(16-8-4-2)17-11-18-15(13)20-10-12-7-5-9-19-12/h5,7,9,11H,3-4,6,8,10H2,1-2H3,(H,16,17,18). The first-order valence-corrected chi connectivity index (χ1v) is 8.06. The number of hydrogen-bond donors (Lipinski definition) is 1. The van der Waals surface area contributed by atoms with Crippen LogP contribution in [0.2, 0.25) is 0 Å². The maximum absolute atomic E-state index is 5.37. The van der Waals surface area contributed by atoms with Crippen molar-refractivity contribution in [1.29, 1.82) is 0 Å². The third kappa shape index (κ3) is 4.00. The Kier molecular flexibility index (Phi) is 5.92. The van der Waals surface area contributed by atoms with Gasteiger partial charge in [-0.05, 0) is 25.0 Å². The molecule has 0 aliphatic rings. The molecule has 0 aromatic carbocycles. The van der Waals surface area contributed by atoms with Gasteiger partial charge in [-0.15, -0.1) is 0 Å². The summed E-state index contributed by atoms with van der Waals surface area (Å²) in [5.74, 6) is 2.75. The van der Waals surface area contributed by atoms with Crippen molar-refractivity contribution in [3.05, 3.63) is 36.0 Å². The monoisotopic (exact) mass is 291 g/mol. The van der Waals surface area contributed by atoms with Gasteiger partial charge >= 0.3 is 0 Å². The average molecular weight is 291 g/mol. The fraction of sp³-hybridized carbons (Fsp3) is 0.467. The van der Waals surface area contributed by atoms with E-state index in [4.69, 9.17) is 4.42 Å². The molecule has 0 saturated carbocycles. The summed E-state index contributed by atoms with van der Waals surface area (Å²) in [4.78, 5) is 8.82. The Morgan fingerprint density at radius 3 is 2.85 bits per heavy atom. The van der Waals surface area contributed by atoms with Crippen LogP contribution in [0.25, 0.3) is 0 Å². The molecule has 0 aliphatic carbocycles. The Morgan fingerprint density at radius 1 is 1.25 bits per heavy atom. The minimum atomic E-state index is 0.800. The van der Waals surface area contributed by atoms with Crippen LogP contribution in [0.5, 0.6) is 0 Å². The maximum atomic E-state index is 5.37. The normalized spacial score (nSPS) is 10.7. The van der Waals surface area contributed by atoms with E-state index in [-0.39, 0.29) is 0 Å². The highest BCUT2D eigenvalue weighted by Crippen LogP contribution is 2.28. The van der Waals surface area contributed by atoms with Gasteiger partial charge in [-0.3, -0.25) is 0 Å². The molecule has 1 N–H and O–H groups in total. The molecule has 108 valence electrons. The summed E-state index contributed by atoms with van der Waals surface area (Å²) in [7, 11) is 0. The lowest BCUT2D eigenvalue weighted by atomic mass is 10.2. The minimum Gasteiger partial charge on any atom is -0.468 e. The van der Waals surface area contributed by atoms with Crippen molar-refractivity contribution in [1.82, 2.24) is 9.97 Å². The number of thioether (sulfide) groups is 1. The summed E-state index contributed by atoms with van der Waals surface area (Å²) in [6, 6.07) is 3.90. The molecule has 0 radical (unpaired) electrons. The lowest BCUT2D eigenvalue weighted by molar-refractivity contribution is 0.530. The number of rotatable bonds is 8. The SMILES string of the molecule is CCCNc1ncnc(SCc2ccco2)c1CCC. The Hall–Kier alpha value is -1.49. The first-order chi connectivity index (χ1) is 9.85. The number of hydrogen-bond acceptors (Lipinski definition) is 5. The largest absolute Gasteiger partial charge is 0.468 e. The summed E-state index contributed by atoms with van der Waals surface area (Å²) < 4.78 is 5.37. The van der Waals surface area contributed by atoms with Crippen molar-refractivity contribution in [2.75, 3.05) is 11.9 Å². The highest BCUT2D eigenvalue weighted by molar-refractivity contribution is 7.98. The Morgan fingerprint density at radius 2 is 2.15 bits per heavy atom. The average Bonchev–Trinajstić information content (AvgIpc) is 2.98. The van der Waals surface area contributed by atoms with Gasteiger partial charge in [0.05, 0.1) is 12.0 Å². The van der Waals surface area contributed by atoms with E-state index in [1.165, 1.54) is 5.56 Å². The quantitative estimate of drug-likeness (QED) is 0.585. The minimum absolute atomic E-state index is 0.800. The van der Waals surface area contributed by atoms with Gasteiger partial charge in [0.25, 0.3) is 0 Å². The predicted octanol–water partition coefficient (Wildman–Crippen LogP) is 4.14. The Bertz CT molecular complexity index is 514. The molecule has 0 spiro atoms. The Balaban J connectivity index is 2.13. The molecule has 4 nitrogen and oxygen atoms in total. The maximum Gasteiger partial charge on any atom is 0.133 e. The Labute approximate surface area is 124 Å². The first kappa shape index (κ1) is 14.9. The number of nitrogens with one attached hydrogen (secondary N) is 1. The highest BCUT2D eigenvalue weighted by Gasteiger charge is 2.11. The van der Waals surface area contributed by atoms with Gasteiger partial charge in [0, 0.05) is 12.1 Å². The predicted molar refractivity (Wildman–Crippen MR) is 83.1 cm³/mol. The summed E-state index contributed by atoms with van der Waals surface area (Å²) in [5, 5.41) is 4.45. The van der Waals surface area contributed by atoms with Gasteiger partial charge in [0.15, 0.2) is 0 Å². The van der Waals surface area contributed by atoms with Crippen molar-refractivity contribution >= 4 is 17.6 Å². The molecule has 0 aliphatic heterocycles. The van der Waals surface area contributed by atoms with Crippen molar-refractivity contribution < 1.29 is 4.42 Å². The molecule has 0 bridgehead atoms. The molecule has 0 unspecified atom stereocenters. The number of anilines is 1. The summed E-state index contributed by atoms with van der Waals surface area (Å²) in [6.45, 7) is 5.27. The molecule has 2 rings (SSSR count). The van der Waals surface area contributed by atoms with E-state index in [1.807, 2.05) is 12.1 Å². The van der Waals surface area contributed by atoms with Gasteiger partial charge in [0.2, 0.25) is 0 Å². The highest BCUT2D eigenvalue weighted by atomic mass is 32.2. The van der Waals surface area contributed by atoms with Crippen LogP contribution in [0.15, 0.2) is 34.2 Å². The third-order valence-corrected chi connectivity index (χ3v) is 3.93. The number of aromatic nitrogens is 2. The van der Waals surface area contributed by atoms with E-state index >= 15 is 0 Å². The van der Waals surface area contributed by atoms with E-state index in [0.717, 1.165) is 48.2 Å². The van der Waals surface area contributed by atoms with Crippen LogP contribution in [0.1, 0.15) is 38.0 Å². The molecule has 0 fully saturated rings. The molecule has 0 amide bonds. The van der Waals surface area contributed by atoms with Crippen molar-refractivity contribution in [3.63, 3.8) is 0 Å². The fourth-order valence-corrected chi connectivity index (χ4v) is 2.86. The molecule has 0 atom stereocenters. The van der Waals surface area contributed by atoms with Crippen molar-refractivity contribution in [2.24, 2.45) is 0 Å². The van der Waals surface area contributed by atoms with Crippen LogP contribution < -0.4 is 5.32 Å². The van der Waals surface area contributed by atoms with Gasteiger partial charge in [0.1, 0.15) is 22.9 Å². The van der Waals surface area contributed by atoms with Crippen molar-refractivity contribution in [2.45, 2.75) is 43.9 Å². The van der Waals surface area contributed by atoms with Crippen LogP contribution in [0.4, 0.5) is 5.82 Å². The van der Waals surface area contributed by atoms with Crippen LogP contribution in [-0.4, -0.2) is 16.5 Å².